The highest BCUT2D eigenvalue weighted by atomic mass is 16.5. The molecule has 3 rings (SSSR count). The highest BCUT2D eigenvalue weighted by Gasteiger charge is 2.34. The molecule has 4 nitrogen and oxygen atoms in total. The van der Waals surface area contributed by atoms with Crippen LogP contribution in [0, 0.1) is 0 Å². The number of benzene rings is 1. The monoisotopic (exact) mass is 285 g/mol. The van der Waals surface area contributed by atoms with Crippen LogP contribution in [0.1, 0.15) is 17.8 Å². The molecule has 1 aromatic heterocycles. The number of hydrogen-bond donors (Lipinski definition) is 0. The van der Waals surface area contributed by atoms with Crippen LogP contribution < -0.4 is 0 Å². The second-order valence-electron chi connectivity index (χ2n) is 5.74. The fourth-order valence-corrected chi connectivity index (χ4v) is 3.20. The summed E-state index contributed by atoms with van der Waals surface area (Å²) in [7, 11) is 3.88. The topological polar surface area (TPSA) is 30.3 Å². The van der Waals surface area contributed by atoms with Crippen molar-refractivity contribution in [3.63, 3.8) is 0 Å². The first-order chi connectivity index (χ1) is 10.3. The standard InChI is InChI=1S/C17H23N3O/c1-19-11-9-18-17(19)13-20-10-8-16(21-2)15(20)12-14-6-4-3-5-7-14/h3-7,9,11,15-16H,8,10,12-13H2,1-2H3/t15-,16-/m0/s1. The van der Waals surface area contributed by atoms with Crippen molar-refractivity contribution in [2.45, 2.75) is 31.5 Å². The Bertz CT molecular complexity index is 566. The molecule has 0 amide bonds. The summed E-state index contributed by atoms with van der Waals surface area (Å²) in [5.41, 5.74) is 1.37. The lowest BCUT2D eigenvalue weighted by Gasteiger charge is -2.27. The fourth-order valence-electron chi connectivity index (χ4n) is 3.20. The third kappa shape index (κ3) is 3.17. The lowest BCUT2D eigenvalue weighted by atomic mass is 10.0. The van der Waals surface area contributed by atoms with Gasteiger partial charge in [0.05, 0.1) is 12.6 Å². The maximum absolute atomic E-state index is 5.71. The first kappa shape index (κ1) is 14.3. The predicted octanol–water partition coefficient (Wildman–Crippen LogP) is 2.25. The summed E-state index contributed by atoms with van der Waals surface area (Å²) in [5.74, 6) is 1.12. The van der Waals surface area contributed by atoms with Gasteiger partial charge in [0, 0.05) is 39.1 Å². The zero-order valence-corrected chi connectivity index (χ0v) is 12.8. The lowest BCUT2D eigenvalue weighted by molar-refractivity contribution is 0.0630. The molecule has 1 saturated heterocycles. The minimum atomic E-state index is 0.311. The van der Waals surface area contributed by atoms with Crippen molar-refractivity contribution in [2.75, 3.05) is 13.7 Å². The second kappa shape index (κ2) is 6.41. The summed E-state index contributed by atoms with van der Waals surface area (Å²) < 4.78 is 7.80. The van der Waals surface area contributed by atoms with Gasteiger partial charge in [-0.1, -0.05) is 30.3 Å². The van der Waals surface area contributed by atoms with Gasteiger partial charge in [-0.25, -0.2) is 4.98 Å². The highest BCUT2D eigenvalue weighted by molar-refractivity contribution is 5.17. The average Bonchev–Trinajstić information content (AvgIpc) is 3.08. The zero-order chi connectivity index (χ0) is 14.7. The van der Waals surface area contributed by atoms with E-state index in [0.29, 0.717) is 12.1 Å². The third-order valence-electron chi connectivity index (χ3n) is 4.45. The van der Waals surface area contributed by atoms with Crippen LogP contribution in [0.2, 0.25) is 0 Å². The van der Waals surface area contributed by atoms with Gasteiger partial charge in [0.1, 0.15) is 5.82 Å². The number of aryl methyl sites for hydroxylation is 1. The minimum absolute atomic E-state index is 0.311. The molecule has 0 radical (unpaired) electrons. The number of nitrogens with zero attached hydrogens (tertiary/aromatic N) is 3. The van der Waals surface area contributed by atoms with Crippen molar-refractivity contribution < 1.29 is 4.74 Å². The molecule has 2 heterocycles. The second-order valence-corrected chi connectivity index (χ2v) is 5.74. The molecule has 0 bridgehead atoms. The Morgan fingerprint density at radius 3 is 2.76 bits per heavy atom. The summed E-state index contributed by atoms with van der Waals surface area (Å²) in [5, 5.41) is 0. The number of imidazole rings is 1. The van der Waals surface area contributed by atoms with E-state index in [4.69, 9.17) is 4.74 Å². The van der Waals surface area contributed by atoms with Crippen LogP contribution in [0.4, 0.5) is 0 Å². The fraction of sp³-hybridized carbons (Fsp3) is 0.471. The molecule has 21 heavy (non-hydrogen) atoms. The molecular weight excluding hydrogens is 262 g/mol. The van der Waals surface area contributed by atoms with Crippen LogP contribution in [0.15, 0.2) is 42.7 Å². The SMILES string of the molecule is CO[C@H]1CCN(Cc2nccn2C)[C@H]1Cc1ccccc1. The summed E-state index contributed by atoms with van der Waals surface area (Å²) in [6.07, 6.45) is 6.31. The van der Waals surface area contributed by atoms with Crippen molar-refractivity contribution in [1.82, 2.24) is 14.5 Å². The van der Waals surface area contributed by atoms with Gasteiger partial charge in [-0.3, -0.25) is 4.90 Å². The Labute approximate surface area is 126 Å². The van der Waals surface area contributed by atoms with Gasteiger partial charge in [-0.2, -0.15) is 0 Å². The van der Waals surface area contributed by atoms with Gasteiger partial charge in [0.2, 0.25) is 0 Å². The van der Waals surface area contributed by atoms with Gasteiger partial charge in [-0.15, -0.1) is 0 Å². The normalized spacial score (nSPS) is 22.8. The van der Waals surface area contributed by atoms with E-state index < -0.39 is 0 Å². The van der Waals surface area contributed by atoms with Gasteiger partial charge in [0.15, 0.2) is 0 Å². The Hall–Kier alpha value is -1.65. The van der Waals surface area contributed by atoms with Crippen molar-refractivity contribution in [3.8, 4) is 0 Å². The Balaban J connectivity index is 1.74. The summed E-state index contributed by atoms with van der Waals surface area (Å²) in [6, 6.07) is 11.1. The molecule has 1 fully saturated rings. The molecule has 0 spiro atoms. The van der Waals surface area contributed by atoms with Crippen LogP contribution >= 0.6 is 0 Å². The summed E-state index contributed by atoms with van der Waals surface area (Å²) in [6.45, 7) is 1.96. The summed E-state index contributed by atoms with van der Waals surface area (Å²) in [4.78, 5) is 6.96. The summed E-state index contributed by atoms with van der Waals surface area (Å²) >= 11 is 0. The first-order valence-electron chi connectivity index (χ1n) is 7.55. The maximum atomic E-state index is 5.71. The Kier molecular flexibility index (Phi) is 4.36. The molecule has 0 aliphatic carbocycles. The van der Waals surface area contributed by atoms with Crippen molar-refractivity contribution in [2.24, 2.45) is 7.05 Å². The molecule has 112 valence electrons. The molecule has 4 heteroatoms. The number of methoxy groups -OCH3 is 1. The first-order valence-corrected chi connectivity index (χ1v) is 7.55. The van der Waals surface area contributed by atoms with E-state index in [1.54, 1.807) is 0 Å². The molecule has 0 unspecified atom stereocenters. The number of aromatic nitrogens is 2. The smallest absolute Gasteiger partial charge is 0.122 e. The van der Waals surface area contributed by atoms with Gasteiger partial charge in [0.25, 0.3) is 0 Å². The van der Waals surface area contributed by atoms with Crippen LogP contribution in [0.5, 0.6) is 0 Å². The molecule has 1 aliphatic rings. The quantitative estimate of drug-likeness (QED) is 0.844. The molecule has 1 aliphatic heterocycles. The zero-order valence-electron chi connectivity index (χ0n) is 12.8. The van der Waals surface area contributed by atoms with Crippen molar-refractivity contribution >= 4 is 0 Å². The van der Waals surface area contributed by atoms with E-state index in [1.807, 2.05) is 19.5 Å². The molecule has 2 atom stereocenters. The van der Waals surface area contributed by atoms with E-state index in [0.717, 1.165) is 31.8 Å². The van der Waals surface area contributed by atoms with Gasteiger partial charge in [-0.05, 0) is 18.4 Å². The number of ether oxygens (including phenoxy) is 1. The van der Waals surface area contributed by atoms with Crippen molar-refractivity contribution in [3.05, 3.63) is 54.1 Å². The Morgan fingerprint density at radius 2 is 2.10 bits per heavy atom. The van der Waals surface area contributed by atoms with Gasteiger partial charge < -0.3 is 9.30 Å². The third-order valence-corrected chi connectivity index (χ3v) is 4.45. The Morgan fingerprint density at radius 1 is 1.29 bits per heavy atom. The molecule has 0 N–H and O–H groups in total. The largest absolute Gasteiger partial charge is 0.380 e. The number of hydrogen-bond acceptors (Lipinski definition) is 3. The molecule has 2 aromatic rings. The van der Waals surface area contributed by atoms with Crippen LogP contribution in [0.25, 0.3) is 0 Å². The number of rotatable bonds is 5. The lowest BCUT2D eigenvalue weighted by Crippen LogP contribution is -2.38. The maximum Gasteiger partial charge on any atom is 0.122 e. The molecule has 1 aromatic carbocycles. The van der Waals surface area contributed by atoms with Crippen LogP contribution in [0.3, 0.4) is 0 Å². The average molecular weight is 285 g/mol. The minimum Gasteiger partial charge on any atom is -0.380 e. The highest BCUT2D eigenvalue weighted by Crippen LogP contribution is 2.25. The molecule has 0 saturated carbocycles. The number of likely N-dealkylation sites (tertiary alicyclic amines) is 1. The van der Waals surface area contributed by atoms with E-state index in [2.05, 4.69) is 51.8 Å². The predicted molar refractivity (Wildman–Crippen MR) is 83.0 cm³/mol. The van der Waals surface area contributed by atoms with Crippen LogP contribution in [-0.4, -0.2) is 40.3 Å². The van der Waals surface area contributed by atoms with Gasteiger partial charge >= 0.3 is 0 Å². The van der Waals surface area contributed by atoms with E-state index >= 15 is 0 Å². The van der Waals surface area contributed by atoms with Crippen molar-refractivity contribution in [1.29, 1.82) is 0 Å². The van der Waals surface area contributed by atoms with Crippen LogP contribution in [-0.2, 0) is 24.8 Å². The molecular formula is C17H23N3O. The van der Waals surface area contributed by atoms with E-state index in [9.17, 15) is 0 Å². The van der Waals surface area contributed by atoms with E-state index in [-0.39, 0.29) is 0 Å². The van der Waals surface area contributed by atoms with E-state index in [1.165, 1.54) is 5.56 Å².